The van der Waals surface area contributed by atoms with Gasteiger partial charge in [0.25, 0.3) is 0 Å². The number of rotatable bonds is 8. The zero-order valence-electron chi connectivity index (χ0n) is 15.3. The third-order valence-corrected chi connectivity index (χ3v) is 3.86. The summed E-state index contributed by atoms with van der Waals surface area (Å²) in [4.78, 5) is 7.29. The van der Waals surface area contributed by atoms with Gasteiger partial charge in [-0.2, -0.15) is 0 Å². The molecule has 1 heterocycles. The molecular weight excluding hydrogens is 407 g/mol. The Morgan fingerprint density at radius 2 is 1.91 bits per heavy atom. The highest BCUT2D eigenvalue weighted by Gasteiger charge is 2.23. The van der Waals surface area contributed by atoms with Crippen molar-refractivity contribution in [1.82, 2.24) is 15.5 Å². The lowest BCUT2D eigenvalue weighted by Crippen LogP contribution is -2.49. The fourth-order valence-electron chi connectivity index (χ4n) is 2.69. The minimum atomic E-state index is 0. The van der Waals surface area contributed by atoms with Gasteiger partial charge in [-0.25, -0.2) is 0 Å². The lowest BCUT2D eigenvalue weighted by Gasteiger charge is -2.36. The van der Waals surface area contributed by atoms with E-state index < -0.39 is 0 Å². The summed E-state index contributed by atoms with van der Waals surface area (Å²) in [5, 5.41) is 6.70. The zero-order valence-corrected chi connectivity index (χ0v) is 17.6. The van der Waals surface area contributed by atoms with Crippen LogP contribution in [-0.2, 0) is 9.47 Å². The maximum absolute atomic E-state index is 5.46. The normalized spacial score (nSPS) is 19.1. The Hall–Kier alpha value is -0.120. The maximum atomic E-state index is 5.46. The maximum Gasteiger partial charge on any atom is 0.191 e. The van der Waals surface area contributed by atoms with Crippen LogP contribution >= 0.6 is 24.0 Å². The summed E-state index contributed by atoms with van der Waals surface area (Å²) in [7, 11) is 1.72. The minimum absolute atomic E-state index is 0. The SMILES string of the molecule is CCNC(=NCC(C(C)C)N1CCOCC1)NC(C)COC.I. The number of ether oxygens (including phenoxy) is 2. The first-order valence-corrected chi connectivity index (χ1v) is 8.44. The van der Waals surface area contributed by atoms with E-state index in [-0.39, 0.29) is 30.0 Å². The van der Waals surface area contributed by atoms with Gasteiger partial charge in [0.2, 0.25) is 0 Å². The number of halogens is 1. The molecule has 7 heteroatoms. The van der Waals surface area contributed by atoms with E-state index in [1.807, 2.05) is 0 Å². The van der Waals surface area contributed by atoms with E-state index in [1.54, 1.807) is 7.11 Å². The molecule has 0 radical (unpaired) electrons. The molecule has 2 atom stereocenters. The Kier molecular flexibility index (Phi) is 13.1. The highest BCUT2D eigenvalue weighted by molar-refractivity contribution is 14.0. The van der Waals surface area contributed by atoms with Crippen molar-refractivity contribution in [3.63, 3.8) is 0 Å². The van der Waals surface area contributed by atoms with Crippen LogP contribution in [0.2, 0.25) is 0 Å². The number of morpholine rings is 1. The van der Waals surface area contributed by atoms with E-state index in [4.69, 9.17) is 14.5 Å². The molecule has 0 amide bonds. The molecule has 1 rings (SSSR count). The van der Waals surface area contributed by atoms with Gasteiger partial charge in [-0.1, -0.05) is 13.8 Å². The van der Waals surface area contributed by atoms with Crippen LogP contribution in [0.15, 0.2) is 4.99 Å². The fraction of sp³-hybridized carbons (Fsp3) is 0.938. The number of methoxy groups -OCH3 is 1. The molecule has 0 aliphatic carbocycles. The lowest BCUT2D eigenvalue weighted by atomic mass is 10.0. The van der Waals surface area contributed by atoms with E-state index >= 15 is 0 Å². The smallest absolute Gasteiger partial charge is 0.191 e. The molecule has 138 valence electrons. The molecular formula is C16H35IN4O2. The molecule has 0 aromatic carbocycles. The summed E-state index contributed by atoms with van der Waals surface area (Å²) in [5.74, 6) is 1.44. The van der Waals surface area contributed by atoms with E-state index in [0.29, 0.717) is 18.6 Å². The quantitative estimate of drug-likeness (QED) is 0.340. The highest BCUT2D eigenvalue weighted by Crippen LogP contribution is 2.13. The van der Waals surface area contributed by atoms with Gasteiger partial charge in [-0.05, 0) is 19.8 Å². The van der Waals surface area contributed by atoms with E-state index in [0.717, 1.165) is 45.4 Å². The van der Waals surface area contributed by atoms with Crippen molar-refractivity contribution in [1.29, 1.82) is 0 Å². The second kappa shape index (κ2) is 13.2. The van der Waals surface area contributed by atoms with Crippen LogP contribution in [0.25, 0.3) is 0 Å². The monoisotopic (exact) mass is 442 g/mol. The van der Waals surface area contributed by atoms with Gasteiger partial charge in [0, 0.05) is 38.8 Å². The van der Waals surface area contributed by atoms with Crippen LogP contribution in [0.3, 0.4) is 0 Å². The van der Waals surface area contributed by atoms with E-state index in [1.165, 1.54) is 0 Å². The summed E-state index contributed by atoms with van der Waals surface area (Å²) < 4.78 is 10.6. The topological polar surface area (TPSA) is 58.1 Å². The molecule has 6 nitrogen and oxygen atoms in total. The van der Waals surface area contributed by atoms with Crippen molar-refractivity contribution in [3.05, 3.63) is 0 Å². The Balaban J connectivity index is 0.00000484. The summed E-state index contributed by atoms with van der Waals surface area (Å²) in [6.45, 7) is 14.7. The molecule has 2 N–H and O–H groups in total. The van der Waals surface area contributed by atoms with Crippen LogP contribution in [0.1, 0.15) is 27.7 Å². The molecule has 0 aromatic heterocycles. The van der Waals surface area contributed by atoms with Crippen molar-refractivity contribution < 1.29 is 9.47 Å². The molecule has 23 heavy (non-hydrogen) atoms. The van der Waals surface area contributed by atoms with Crippen LogP contribution in [0.4, 0.5) is 0 Å². The average Bonchev–Trinajstić information content (AvgIpc) is 2.48. The predicted molar refractivity (Wildman–Crippen MR) is 107 cm³/mol. The number of hydrogen-bond acceptors (Lipinski definition) is 4. The molecule has 1 aliphatic heterocycles. The third-order valence-electron chi connectivity index (χ3n) is 3.86. The van der Waals surface area contributed by atoms with Crippen molar-refractivity contribution in [2.24, 2.45) is 10.9 Å². The number of aliphatic imine (C=N–C) groups is 1. The van der Waals surface area contributed by atoms with Gasteiger partial charge in [0.05, 0.1) is 26.4 Å². The van der Waals surface area contributed by atoms with Crippen molar-refractivity contribution in [3.8, 4) is 0 Å². The molecule has 0 bridgehead atoms. The first-order valence-electron chi connectivity index (χ1n) is 8.44. The van der Waals surface area contributed by atoms with Gasteiger partial charge in [0.15, 0.2) is 5.96 Å². The van der Waals surface area contributed by atoms with Gasteiger partial charge in [-0.3, -0.25) is 9.89 Å². The first-order chi connectivity index (χ1) is 10.6. The van der Waals surface area contributed by atoms with Gasteiger partial charge < -0.3 is 20.1 Å². The predicted octanol–water partition coefficient (Wildman–Crippen LogP) is 1.55. The largest absolute Gasteiger partial charge is 0.383 e. The molecule has 2 unspecified atom stereocenters. The van der Waals surface area contributed by atoms with Crippen LogP contribution in [0.5, 0.6) is 0 Å². The zero-order chi connectivity index (χ0) is 16.4. The molecule has 0 spiro atoms. The summed E-state index contributed by atoms with van der Waals surface area (Å²) in [6.07, 6.45) is 0. The highest BCUT2D eigenvalue weighted by atomic mass is 127. The standard InChI is InChI=1S/C16H34N4O2.HI/c1-6-17-16(19-14(4)12-21-5)18-11-15(13(2)3)20-7-9-22-10-8-20;/h13-15H,6-12H2,1-5H3,(H2,17,18,19);1H. The molecule has 1 aliphatic rings. The van der Waals surface area contributed by atoms with Gasteiger partial charge in [-0.15, -0.1) is 24.0 Å². The summed E-state index contributed by atoms with van der Waals surface area (Å²) >= 11 is 0. The third kappa shape index (κ3) is 9.07. The molecule has 0 aromatic rings. The Labute approximate surface area is 158 Å². The second-order valence-corrected chi connectivity index (χ2v) is 6.18. The van der Waals surface area contributed by atoms with Crippen LogP contribution < -0.4 is 10.6 Å². The summed E-state index contributed by atoms with van der Waals surface area (Å²) in [6, 6.07) is 0.695. The second-order valence-electron chi connectivity index (χ2n) is 6.18. The fourth-order valence-corrected chi connectivity index (χ4v) is 2.69. The van der Waals surface area contributed by atoms with Gasteiger partial charge in [0.1, 0.15) is 0 Å². The Morgan fingerprint density at radius 3 is 2.43 bits per heavy atom. The average molecular weight is 442 g/mol. The van der Waals surface area contributed by atoms with Gasteiger partial charge >= 0.3 is 0 Å². The first kappa shape index (κ1) is 22.9. The van der Waals surface area contributed by atoms with Crippen LogP contribution in [0, 0.1) is 5.92 Å². The number of guanidine groups is 1. The molecule has 1 fully saturated rings. The minimum Gasteiger partial charge on any atom is -0.383 e. The number of nitrogens with one attached hydrogen (secondary N) is 2. The molecule has 1 saturated heterocycles. The Morgan fingerprint density at radius 1 is 1.26 bits per heavy atom. The van der Waals surface area contributed by atoms with Crippen molar-refractivity contribution >= 4 is 29.9 Å². The Bertz CT molecular complexity index is 323. The van der Waals surface area contributed by atoms with E-state index in [9.17, 15) is 0 Å². The van der Waals surface area contributed by atoms with Crippen LogP contribution in [-0.4, -0.2) is 76.1 Å². The summed E-state index contributed by atoms with van der Waals surface area (Å²) in [5.41, 5.74) is 0. The molecule has 0 saturated carbocycles. The number of nitrogens with zero attached hydrogens (tertiary/aromatic N) is 2. The number of hydrogen-bond donors (Lipinski definition) is 2. The lowest BCUT2D eigenvalue weighted by molar-refractivity contribution is 0.00867. The van der Waals surface area contributed by atoms with Crippen molar-refractivity contribution in [2.45, 2.75) is 39.8 Å². The van der Waals surface area contributed by atoms with E-state index in [2.05, 4.69) is 43.2 Å². The van der Waals surface area contributed by atoms with Crippen molar-refractivity contribution in [2.75, 3.05) is 53.1 Å².